The van der Waals surface area contributed by atoms with Gasteiger partial charge >= 0.3 is 5.97 Å². The molecule has 0 saturated carbocycles. The monoisotopic (exact) mass is 374 g/mol. The number of carbonyl (C=O) groups is 1. The standard InChI is InChI=1S/C19H22N2O4S/c1-25-19(22)14-6-3-9-15-26(23,24)18-13-8-7-12-17(18)21-20-16-10-4-2-5-11-16/h2,4-5,7-8,10-13H,3,6,9,14-15H2,1H3. The summed E-state index contributed by atoms with van der Waals surface area (Å²) in [5.74, 6) is -0.272. The van der Waals surface area contributed by atoms with Gasteiger partial charge in [0.15, 0.2) is 9.84 Å². The first-order valence-electron chi connectivity index (χ1n) is 8.38. The third-order valence-electron chi connectivity index (χ3n) is 3.75. The molecular weight excluding hydrogens is 352 g/mol. The molecule has 0 aliphatic carbocycles. The van der Waals surface area contributed by atoms with Crippen molar-refractivity contribution in [3.8, 4) is 0 Å². The Labute approximate surface area is 153 Å². The second kappa shape index (κ2) is 9.82. The van der Waals surface area contributed by atoms with Gasteiger partial charge in [-0.3, -0.25) is 4.79 Å². The molecule has 0 aliphatic heterocycles. The van der Waals surface area contributed by atoms with E-state index in [1.54, 1.807) is 36.4 Å². The van der Waals surface area contributed by atoms with Crippen LogP contribution < -0.4 is 0 Å². The van der Waals surface area contributed by atoms with Crippen LogP contribution in [0.1, 0.15) is 25.7 Å². The van der Waals surface area contributed by atoms with Crippen LogP contribution in [0.25, 0.3) is 0 Å². The van der Waals surface area contributed by atoms with Gasteiger partial charge in [0, 0.05) is 6.42 Å². The quantitative estimate of drug-likeness (QED) is 0.364. The van der Waals surface area contributed by atoms with Crippen LogP contribution in [0.3, 0.4) is 0 Å². The summed E-state index contributed by atoms with van der Waals surface area (Å²) in [4.78, 5) is 11.2. The average Bonchev–Trinajstić information content (AvgIpc) is 2.67. The second-order valence-electron chi connectivity index (χ2n) is 5.71. The topological polar surface area (TPSA) is 85.2 Å². The van der Waals surface area contributed by atoms with Crippen LogP contribution in [0.15, 0.2) is 69.7 Å². The number of nitrogens with zero attached hydrogens (tertiary/aromatic N) is 2. The molecule has 0 radical (unpaired) electrons. The first-order chi connectivity index (χ1) is 12.5. The molecule has 0 aliphatic rings. The zero-order chi connectivity index (χ0) is 18.8. The van der Waals surface area contributed by atoms with Crippen molar-refractivity contribution in [2.75, 3.05) is 12.9 Å². The summed E-state index contributed by atoms with van der Waals surface area (Å²) in [6.07, 6.45) is 2.03. The Bertz CT molecular complexity index is 849. The number of methoxy groups -OCH3 is 1. The molecule has 0 atom stereocenters. The summed E-state index contributed by atoms with van der Waals surface area (Å²) in [6.45, 7) is 0. The van der Waals surface area contributed by atoms with Crippen molar-refractivity contribution in [1.29, 1.82) is 0 Å². The fourth-order valence-electron chi connectivity index (χ4n) is 2.36. The predicted octanol–water partition coefficient (Wildman–Crippen LogP) is 4.61. The third kappa shape index (κ3) is 6.07. The summed E-state index contributed by atoms with van der Waals surface area (Å²) < 4.78 is 29.8. The van der Waals surface area contributed by atoms with E-state index >= 15 is 0 Å². The van der Waals surface area contributed by atoms with Gasteiger partial charge < -0.3 is 4.74 Å². The smallest absolute Gasteiger partial charge is 0.305 e. The van der Waals surface area contributed by atoms with Crippen LogP contribution in [0.5, 0.6) is 0 Å². The van der Waals surface area contributed by atoms with Crippen LogP contribution >= 0.6 is 0 Å². The van der Waals surface area contributed by atoms with Crippen molar-refractivity contribution in [1.82, 2.24) is 0 Å². The van der Waals surface area contributed by atoms with Gasteiger partial charge in [-0.2, -0.15) is 5.11 Å². The zero-order valence-corrected chi connectivity index (χ0v) is 15.5. The number of hydrogen-bond donors (Lipinski definition) is 0. The molecule has 2 aromatic rings. The van der Waals surface area contributed by atoms with Gasteiger partial charge in [0.25, 0.3) is 0 Å². The van der Waals surface area contributed by atoms with Crippen molar-refractivity contribution in [2.45, 2.75) is 30.6 Å². The van der Waals surface area contributed by atoms with Gasteiger partial charge in [-0.25, -0.2) is 8.42 Å². The molecule has 0 amide bonds. The molecule has 0 aromatic heterocycles. The molecule has 0 saturated heterocycles. The normalized spacial score (nSPS) is 11.6. The summed E-state index contributed by atoms with van der Waals surface area (Å²) in [5, 5.41) is 8.20. The number of ether oxygens (including phenoxy) is 1. The van der Waals surface area contributed by atoms with E-state index in [-0.39, 0.29) is 16.6 Å². The summed E-state index contributed by atoms with van der Waals surface area (Å²) in [6, 6.07) is 15.7. The highest BCUT2D eigenvalue weighted by atomic mass is 32.2. The molecular formula is C19H22N2O4S. The van der Waals surface area contributed by atoms with Crippen molar-refractivity contribution in [3.05, 3.63) is 54.6 Å². The maximum atomic E-state index is 12.6. The van der Waals surface area contributed by atoms with Crippen molar-refractivity contribution in [2.24, 2.45) is 10.2 Å². The largest absolute Gasteiger partial charge is 0.469 e. The molecule has 0 bridgehead atoms. The number of esters is 1. The summed E-state index contributed by atoms with van der Waals surface area (Å²) in [5.41, 5.74) is 0.980. The van der Waals surface area contributed by atoms with Gasteiger partial charge in [0.2, 0.25) is 0 Å². The minimum absolute atomic E-state index is 0.00599. The van der Waals surface area contributed by atoms with Gasteiger partial charge in [-0.15, -0.1) is 5.11 Å². The van der Waals surface area contributed by atoms with Gasteiger partial charge in [0.1, 0.15) is 5.69 Å². The highest BCUT2D eigenvalue weighted by Crippen LogP contribution is 2.27. The minimum Gasteiger partial charge on any atom is -0.469 e. The SMILES string of the molecule is COC(=O)CCCCCS(=O)(=O)c1ccccc1N=Nc1ccccc1. The molecule has 0 fully saturated rings. The van der Waals surface area contributed by atoms with Crippen LogP contribution in [0, 0.1) is 0 Å². The fraction of sp³-hybridized carbons (Fsp3) is 0.316. The van der Waals surface area contributed by atoms with Crippen molar-refractivity contribution < 1.29 is 17.9 Å². The molecule has 0 N–H and O–H groups in total. The number of unbranched alkanes of at least 4 members (excludes halogenated alkanes) is 2. The molecule has 0 spiro atoms. The highest BCUT2D eigenvalue weighted by molar-refractivity contribution is 7.91. The number of rotatable bonds is 9. The van der Waals surface area contributed by atoms with E-state index < -0.39 is 9.84 Å². The van der Waals surface area contributed by atoms with Crippen molar-refractivity contribution in [3.63, 3.8) is 0 Å². The fourth-order valence-corrected chi connectivity index (χ4v) is 3.88. The lowest BCUT2D eigenvalue weighted by Crippen LogP contribution is -2.07. The molecule has 138 valence electrons. The highest BCUT2D eigenvalue weighted by Gasteiger charge is 2.18. The number of azo groups is 1. The summed E-state index contributed by atoms with van der Waals surface area (Å²) in [7, 11) is -2.13. The summed E-state index contributed by atoms with van der Waals surface area (Å²) >= 11 is 0. The maximum Gasteiger partial charge on any atom is 0.305 e. The van der Waals surface area contributed by atoms with E-state index in [1.807, 2.05) is 18.2 Å². The Balaban J connectivity index is 2.03. The minimum atomic E-state index is -3.47. The molecule has 26 heavy (non-hydrogen) atoms. The Hall–Kier alpha value is -2.54. The van der Waals surface area contributed by atoms with Crippen LogP contribution in [-0.2, 0) is 19.4 Å². The number of sulfone groups is 1. The Kier molecular flexibility index (Phi) is 7.47. The molecule has 0 heterocycles. The van der Waals surface area contributed by atoms with Crippen LogP contribution in [-0.4, -0.2) is 27.2 Å². The Morgan fingerprint density at radius 3 is 2.35 bits per heavy atom. The van der Waals surface area contributed by atoms with E-state index in [9.17, 15) is 13.2 Å². The molecule has 2 rings (SSSR count). The van der Waals surface area contributed by atoms with Crippen molar-refractivity contribution >= 4 is 27.2 Å². The first kappa shape index (κ1) is 19.8. The molecule has 7 heteroatoms. The van der Waals surface area contributed by atoms with E-state index in [1.165, 1.54) is 7.11 Å². The van der Waals surface area contributed by atoms with E-state index in [0.717, 1.165) is 0 Å². The van der Waals surface area contributed by atoms with E-state index in [0.29, 0.717) is 37.1 Å². The Morgan fingerprint density at radius 2 is 1.62 bits per heavy atom. The second-order valence-corrected chi connectivity index (χ2v) is 7.79. The first-order valence-corrected chi connectivity index (χ1v) is 10.0. The average molecular weight is 374 g/mol. The number of carbonyl (C=O) groups excluding carboxylic acids is 1. The van der Waals surface area contributed by atoms with Gasteiger partial charge in [0.05, 0.1) is 23.4 Å². The van der Waals surface area contributed by atoms with Crippen LogP contribution in [0.4, 0.5) is 11.4 Å². The lowest BCUT2D eigenvalue weighted by atomic mass is 10.2. The van der Waals surface area contributed by atoms with Gasteiger partial charge in [-0.1, -0.05) is 36.8 Å². The van der Waals surface area contributed by atoms with E-state index in [2.05, 4.69) is 15.0 Å². The zero-order valence-electron chi connectivity index (χ0n) is 14.7. The molecule has 2 aromatic carbocycles. The number of hydrogen-bond acceptors (Lipinski definition) is 6. The lowest BCUT2D eigenvalue weighted by molar-refractivity contribution is -0.140. The lowest BCUT2D eigenvalue weighted by Gasteiger charge is -2.07. The van der Waals surface area contributed by atoms with Crippen LogP contribution in [0.2, 0.25) is 0 Å². The van der Waals surface area contributed by atoms with Gasteiger partial charge in [-0.05, 0) is 37.1 Å². The Morgan fingerprint density at radius 1 is 0.923 bits per heavy atom. The predicted molar refractivity (Wildman–Crippen MR) is 99.6 cm³/mol. The molecule has 6 nitrogen and oxygen atoms in total. The molecule has 0 unspecified atom stereocenters. The third-order valence-corrected chi connectivity index (χ3v) is 5.59. The van der Waals surface area contributed by atoms with E-state index in [4.69, 9.17) is 0 Å². The number of benzene rings is 2. The maximum absolute atomic E-state index is 12.6.